The summed E-state index contributed by atoms with van der Waals surface area (Å²) in [5.41, 5.74) is 0.410. The fourth-order valence-corrected chi connectivity index (χ4v) is 2.62. The molecule has 1 saturated heterocycles. The van der Waals surface area contributed by atoms with E-state index in [9.17, 15) is 14.0 Å². The van der Waals surface area contributed by atoms with Gasteiger partial charge in [-0.25, -0.2) is 4.39 Å². The summed E-state index contributed by atoms with van der Waals surface area (Å²) in [7, 11) is 1.60. The number of rotatable bonds is 5. The Balaban J connectivity index is 1.94. The quantitative estimate of drug-likeness (QED) is 0.879. The second-order valence-corrected chi connectivity index (χ2v) is 5.05. The second kappa shape index (κ2) is 6.61. The first-order valence-corrected chi connectivity index (χ1v) is 6.82. The summed E-state index contributed by atoms with van der Waals surface area (Å²) in [5.74, 6) is -0.475. The zero-order valence-electron chi connectivity index (χ0n) is 11.6. The minimum atomic E-state index is -0.356. The zero-order valence-corrected chi connectivity index (χ0v) is 11.6. The summed E-state index contributed by atoms with van der Waals surface area (Å²) < 4.78 is 13.5. The number of carbonyl (C=O) groups excluding carboxylic acids is 2. The van der Waals surface area contributed by atoms with E-state index in [2.05, 4.69) is 5.32 Å². The van der Waals surface area contributed by atoms with Crippen molar-refractivity contribution in [2.45, 2.75) is 25.3 Å². The first-order valence-electron chi connectivity index (χ1n) is 6.82. The average Bonchev–Trinajstić information content (AvgIpc) is 2.88. The van der Waals surface area contributed by atoms with E-state index in [0.717, 1.165) is 19.4 Å². The summed E-state index contributed by atoms with van der Waals surface area (Å²) in [6.45, 7) is 0.938. The number of likely N-dealkylation sites (tertiary alicyclic amines) is 1. The van der Waals surface area contributed by atoms with Crippen LogP contribution >= 0.6 is 0 Å². The fraction of sp³-hybridized carbons (Fsp3) is 0.467. The van der Waals surface area contributed by atoms with Crippen LogP contribution in [0, 0.1) is 5.82 Å². The molecular weight excluding hydrogens is 259 g/mol. The van der Waals surface area contributed by atoms with Gasteiger partial charge >= 0.3 is 0 Å². The third-order valence-corrected chi connectivity index (χ3v) is 3.64. The van der Waals surface area contributed by atoms with E-state index in [-0.39, 0.29) is 36.5 Å². The first kappa shape index (κ1) is 14.7. The van der Waals surface area contributed by atoms with E-state index in [1.165, 1.54) is 6.07 Å². The minimum Gasteiger partial charge on any atom is -0.358 e. The van der Waals surface area contributed by atoms with Gasteiger partial charge in [0.1, 0.15) is 5.82 Å². The van der Waals surface area contributed by atoms with E-state index in [1.54, 1.807) is 25.2 Å². The van der Waals surface area contributed by atoms with Gasteiger partial charge in [-0.2, -0.15) is 0 Å². The number of amides is 1. The van der Waals surface area contributed by atoms with Crippen LogP contribution in [0.2, 0.25) is 0 Å². The van der Waals surface area contributed by atoms with Crippen LogP contribution in [0.3, 0.4) is 0 Å². The van der Waals surface area contributed by atoms with E-state index in [4.69, 9.17) is 0 Å². The van der Waals surface area contributed by atoms with Crippen LogP contribution in [-0.4, -0.2) is 42.8 Å². The predicted octanol–water partition coefficient (Wildman–Crippen LogP) is 1.15. The van der Waals surface area contributed by atoms with E-state index in [1.807, 2.05) is 4.90 Å². The van der Waals surface area contributed by atoms with Crippen LogP contribution in [-0.2, 0) is 16.0 Å². The Hall–Kier alpha value is -1.75. The van der Waals surface area contributed by atoms with Gasteiger partial charge in [-0.3, -0.25) is 14.5 Å². The van der Waals surface area contributed by atoms with E-state index < -0.39 is 0 Å². The third-order valence-electron chi connectivity index (χ3n) is 3.64. The van der Waals surface area contributed by atoms with Crippen molar-refractivity contribution in [1.29, 1.82) is 0 Å². The first-order chi connectivity index (χ1) is 9.61. The van der Waals surface area contributed by atoms with Crippen LogP contribution in [0.15, 0.2) is 24.3 Å². The summed E-state index contributed by atoms with van der Waals surface area (Å²) >= 11 is 0. The molecule has 1 fully saturated rings. The highest BCUT2D eigenvalue weighted by molar-refractivity contribution is 5.85. The Morgan fingerprint density at radius 3 is 2.85 bits per heavy atom. The predicted molar refractivity (Wildman–Crippen MR) is 73.8 cm³/mol. The van der Waals surface area contributed by atoms with Gasteiger partial charge in [0.05, 0.1) is 12.6 Å². The SMILES string of the molecule is CNC(=O)C1CCCN1CC(=O)Cc1ccccc1F. The molecular formula is C15H19FN2O2. The molecule has 5 heteroatoms. The van der Waals surface area contributed by atoms with Crippen LogP contribution in [0.1, 0.15) is 18.4 Å². The highest BCUT2D eigenvalue weighted by atomic mass is 19.1. The molecule has 1 aromatic carbocycles. The average molecular weight is 278 g/mol. The normalized spacial score (nSPS) is 19.0. The lowest BCUT2D eigenvalue weighted by molar-refractivity contribution is -0.126. The molecule has 1 aliphatic rings. The number of hydrogen-bond acceptors (Lipinski definition) is 3. The molecule has 1 amide bonds. The van der Waals surface area contributed by atoms with Crippen LogP contribution < -0.4 is 5.32 Å². The Morgan fingerprint density at radius 2 is 2.15 bits per heavy atom. The number of benzene rings is 1. The molecule has 20 heavy (non-hydrogen) atoms. The zero-order chi connectivity index (χ0) is 14.5. The van der Waals surface area contributed by atoms with Crippen molar-refractivity contribution in [3.8, 4) is 0 Å². The van der Waals surface area contributed by atoms with Gasteiger partial charge in [0.25, 0.3) is 0 Å². The minimum absolute atomic E-state index is 0.0545. The van der Waals surface area contributed by atoms with Crippen molar-refractivity contribution in [3.05, 3.63) is 35.6 Å². The maximum Gasteiger partial charge on any atom is 0.237 e. The number of ketones is 1. The molecule has 2 rings (SSSR count). The van der Waals surface area contributed by atoms with E-state index >= 15 is 0 Å². The summed E-state index contributed by atoms with van der Waals surface area (Å²) in [4.78, 5) is 25.6. The van der Waals surface area contributed by atoms with Gasteiger partial charge in [-0.15, -0.1) is 0 Å². The number of halogens is 1. The number of carbonyl (C=O) groups is 2. The Morgan fingerprint density at radius 1 is 1.40 bits per heavy atom. The lowest BCUT2D eigenvalue weighted by atomic mass is 10.1. The van der Waals surface area contributed by atoms with Crippen LogP contribution in [0.25, 0.3) is 0 Å². The van der Waals surface area contributed by atoms with Crippen molar-refractivity contribution in [2.75, 3.05) is 20.1 Å². The monoisotopic (exact) mass is 278 g/mol. The topological polar surface area (TPSA) is 49.4 Å². The highest BCUT2D eigenvalue weighted by Crippen LogP contribution is 2.17. The van der Waals surface area contributed by atoms with Crippen molar-refractivity contribution in [2.24, 2.45) is 0 Å². The van der Waals surface area contributed by atoms with Crippen molar-refractivity contribution >= 4 is 11.7 Å². The number of hydrogen-bond donors (Lipinski definition) is 1. The fourth-order valence-electron chi connectivity index (χ4n) is 2.62. The van der Waals surface area contributed by atoms with Crippen LogP contribution in [0.4, 0.5) is 4.39 Å². The molecule has 0 aromatic heterocycles. The molecule has 1 N–H and O–H groups in total. The Labute approximate surface area is 118 Å². The summed E-state index contributed by atoms with van der Waals surface area (Å²) in [5, 5.41) is 2.62. The molecule has 1 aromatic rings. The largest absolute Gasteiger partial charge is 0.358 e. The summed E-state index contributed by atoms with van der Waals surface area (Å²) in [6.07, 6.45) is 1.75. The standard InChI is InChI=1S/C15H19FN2O2/c1-17-15(20)14-7-4-8-18(14)10-12(19)9-11-5-2-3-6-13(11)16/h2-3,5-6,14H,4,7-10H2,1H3,(H,17,20). The molecule has 0 spiro atoms. The number of likely N-dealkylation sites (N-methyl/N-ethyl adjacent to an activating group) is 1. The molecule has 1 aliphatic heterocycles. The molecule has 1 unspecified atom stereocenters. The smallest absolute Gasteiger partial charge is 0.237 e. The number of nitrogens with zero attached hydrogens (tertiary/aromatic N) is 1. The van der Waals surface area contributed by atoms with Gasteiger partial charge in [0, 0.05) is 13.5 Å². The lowest BCUT2D eigenvalue weighted by Crippen LogP contribution is -2.44. The van der Waals surface area contributed by atoms with Gasteiger partial charge in [0.2, 0.25) is 5.91 Å². The molecule has 0 bridgehead atoms. The third kappa shape index (κ3) is 3.42. The van der Waals surface area contributed by atoms with Crippen molar-refractivity contribution in [3.63, 3.8) is 0 Å². The van der Waals surface area contributed by atoms with Gasteiger partial charge in [-0.05, 0) is 31.0 Å². The van der Waals surface area contributed by atoms with Crippen molar-refractivity contribution < 1.29 is 14.0 Å². The number of Topliss-reactive ketones (excluding diaryl/α,β-unsaturated/α-hetero) is 1. The van der Waals surface area contributed by atoms with Gasteiger partial charge in [0.15, 0.2) is 5.78 Å². The molecule has 0 aliphatic carbocycles. The molecule has 1 atom stereocenters. The van der Waals surface area contributed by atoms with Crippen molar-refractivity contribution in [1.82, 2.24) is 10.2 Å². The Bertz CT molecular complexity index is 504. The summed E-state index contributed by atoms with van der Waals surface area (Å²) in [6, 6.07) is 6.06. The highest BCUT2D eigenvalue weighted by Gasteiger charge is 2.31. The molecule has 108 valence electrons. The van der Waals surface area contributed by atoms with Crippen LogP contribution in [0.5, 0.6) is 0 Å². The Kier molecular flexibility index (Phi) is 4.84. The maximum atomic E-state index is 13.5. The molecule has 0 radical (unpaired) electrons. The van der Waals surface area contributed by atoms with Gasteiger partial charge < -0.3 is 5.32 Å². The number of nitrogens with one attached hydrogen (secondary N) is 1. The molecule has 1 heterocycles. The maximum absolute atomic E-state index is 13.5. The molecule has 4 nitrogen and oxygen atoms in total. The van der Waals surface area contributed by atoms with Gasteiger partial charge in [-0.1, -0.05) is 18.2 Å². The lowest BCUT2D eigenvalue weighted by Gasteiger charge is -2.22. The molecule has 0 saturated carbocycles. The second-order valence-electron chi connectivity index (χ2n) is 5.05. The van der Waals surface area contributed by atoms with E-state index in [0.29, 0.717) is 5.56 Å².